The van der Waals surface area contributed by atoms with Crippen LogP contribution >= 0.6 is 0 Å². The SMILES string of the molecule is NC(=O)CC[C@@H](C(=O)NCC(=O)O)N(C(=O)O)C(=O)c1ccccc1. The van der Waals surface area contributed by atoms with E-state index in [2.05, 4.69) is 0 Å². The largest absolute Gasteiger partial charge is 0.480 e. The maximum atomic E-state index is 12.4. The molecule has 1 aromatic rings. The van der Waals surface area contributed by atoms with Crippen LogP contribution in [0.4, 0.5) is 4.79 Å². The Hall–Kier alpha value is -3.43. The molecule has 4 amide bonds. The highest BCUT2D eigenvalue weighted by atomic mass is 16.4. The fourth-order valence-electron chi connectivity index (χ4n) is 2.02. The van der Waals surface area contributed by atoms with Crippen LogP contribution in [0.5, 0.6) is 0 Å². The van der Waals surface area contributed by atoms with Crippen LogP contribution in [-0.4, -0.2) is 57.5 Å². The standard InChI is InChI=1S/C15H17N3O7/c16-11(19)7-6-10(13(22)17-8-12(20)21)18(15(24)25)14(23)9-4-2-1-3-5-9/h1-5,10H,6-8H2,(H2,16,19)(H,17,22)(H,20,21)(H,24,25)/t10-/m0/s1. The van der Waals surface area contributed by atoms with Crippen LogP contribution in [0.15, 0.2) is 30.3 Å². The molecule has 1 aromatic carbocycles. The summed E-state index contributed by atoms with van der Waals surface area (Å²) in [6.07, 6.45) is -2.45. The third kappa shape index (κ3) is 5.94. The average molecular weight is 351 g/mol. The highest BCUT2D eigenvalue weighted by Gasteiger charge is 2.35. The van der Waals surface area contributed by atoms with Crippen molar-refractivity contribution in [3.05, 3.63) is 35.9 Å². The van der Waals surface area contributed by atoms with Gasteiger partial charge in [-0.2, -0.15) is 0 Å². The van der Waals surface area contributed by atoms with Gasteiger partial charge in [0.05, 0.1) is 0 Å². The lowest BCUT2D eigenvalue weighted by Gasteiger charge is -2.26. The molecule has 1 atom stereocenters. The number of nitrogens with zero attached hydrogens (tertiary/aromatic N) is 1. The minimum absolute atomic E-state index is 0.0139. The van der Waals surface area contributed by atoms with Gasteiger partial charge in [-0.15, -0.1) is 0 Å². The maximum Gasteiger partial charge on any atom is 0.415 e. The lowest BCUT2D eigenvalue weighted by molar-refractivity contribution is -0.138. The van der Waals surface area contributed by atoms with Crippen LogP contribution in [0.25, 0.3) is 0 Å². The molecule has 25 heavy (non-hydrogen) atoms. The van der Waals surface area contributed by atoms with E-state index in [9.17, 15) is 29.1 Å². The number of carbonyl (C=O) groups excluding carboxylic acids is 3. The average Bonchev–Trinajstić information content (AvgIpc) is 2.56. The summed E-state index contributed by atoms with van der Waals surface area (Å²) in [6, 6.07) is 5.76. The second-order valence-corrected chi connectivity index (χ2v) is 4.96. The Bertz CT molecular complexity index is 675. The molecule has 0 radical (unpaired) electrons. The predicted molar refractivity (Wildman–Crippen MR) is 83.5 cm³/mol. The molecule has 0 bridgehead atoms. The molecule has 1 rings (SSSR count). The van der Waals surface area contributed by atoms with Crippen molar-refractivity contribution in [2.45, 2.75) is 18.9 Å². The highest BCUT2D eigenvalue weighted by Crippen LogP contribution is 2.14. The number of carbonyl (C=O) groups is 5. The van der Waals surface area contributed by atoms with Crippen molar-refractivity contribution in [3.8, 4) is 0 Å². The van der Waals surface area contributed by atoms with Gasteiger partial charge in [0.15, 0.2) is 0 Å². The van der Waals surface area contributed by atoms with Crippen LogP contribution in [-0.2, 0) is 14.4 Å². The monoisotopic (exact) mass is 351 g/mol. The Morgan fingerprint density at radius 3 is 2.16 bits per heavy atom. The Kier molecular flexibility index (Phi) is 7.07. The minimum Gasteiger partial charge on any atom is -0.480 e. The molecule has 134 valence electrons. The van der Waals surface area contributed by atoms with E-state index in [4.69, 9.17) is 10.8 Å². The predicted octanol–water partition coefficient (Wildman–Crippen LogP) is -0.358. The van der Waals surface area contributed by atoms with Gasteiger partial charge < -0.3 is 21.3 Å². The molecule has 0 aliphatic rings. The van der Waals surface area contributed by atoms with E-state index in [1.54, 1.807) is 6.07 Å². The molecule has 0 fully saturated rings. The van der Waals surface area contributed by atoms with E-state index in [0.717, 1.165) is 0 Å². The third-order valence-electron chi connectivity index (χ3n) is 3.14. The Morgan fingerprint density at radius 2 is 1.68 bits per heavy atom. The number of hydrogen-bond donors (Lipinski definition) is 4. The summed E-state index contributed by atoms with van der Waals surface area (Å²) < 4.78 is 0. The third-order valence-corrected chi connectivity index (χ3v) is 3.14. The van der Waals surface area contributed by atoms with E-state index in [-0.39, 0.29) is 23.3 Å². The molecule has 0 saturated carbocycles. The quantitative estimate of drug-likeness (QED) is 0.496. The van der Waals surface area contributed by atoms with Crippen LogP contribution in [0, 0.1) is 0 Å². The van der Waals surface area contributed by atoms with Gasteiger partial charge in [-0.25, -0.2) is 9.69 Å². The number of carboxylic acid groups (broad SMARTS) is 2. The van der Waals surface area contributed by atoms with Crippen molar-refractivity contribution in [3.63, 3.8) is 0 Å². The number of primary amides is 1. The van der Waals surface area contributed by atoms with E-state index in [1.807, 2.05) is 5.32 Å². The van der Waals surface area contributed by atoms with E-state index < -0.39 is 42.4 Å². The van der Waals surface area contributed by atoms with Gasteiger partial charge in [0.25, 0.3) is 5.91 Å². The fourth-order valence-corrected chi connectivity index (χ4v) is 2.02. The summed E-state index contributed by atoms with van der Waals surface area (Å²) >= 11 is 0. The second kappa shape index (κ2) is 9.01. The number of aliphatic carboxylic acids is 1. The van der Waals surface area contributed by atoms with Gasteiger partial charge in [-0.05, 0) is 18.6 Å². The number of benzene rings is 1. The molecular weight excluding hydrogens is 334 g/mol. The van der Waals surface area contributed by atoms with Crippen molar-refractivity contribution in [1.82, 2.24) is 10.2 Å². The fraction of sp³-hybridized carbons (Fsp3) is 0.267. The molecule has 0 heterocycles. The van der Waals surface area contributed by atoms with Crippen molar-refractivity contribution in [2.24, 2.45) is 5.73 Å². The topological polar surface area (TPSA) is 167 Å². The van der Waals surface area contributed by atoms with Gasteiger partial charge in [-0.1, -0.05) is 18.2 Å². The number of nitrogens with two attached hydrogens (primary N) is 1. The van der Waals surface area contributed by atoms with Gasteiger partial charge in [0, 0.05) is 12.0 Å². The number of hydrogen-bond acceptors (Lipinski definition) is 5. The molecule has 0 aliphatic heterocycles. The summed E-state index contributed by atoms with van der Waals surface area (Å²) in [5.74, 6) is -4.14. The van der Waals surface area contributed by atoms with Crippen LogP contribution in [0.1, 0.15) is 23.2 Å². The minimum atomic E-state index is -1.71. The van der Waals surface area contributed by atoms with Gasteiger partial charge in [0.1, 0.15) is 12.6 Å². The molecule has 5 N–H and O–H groups in total. The smallest absolute Gasteiger partial charge is 0.415 e. The molecule has 10 nitrogen and oxygen atoms in total. The van der Waals surface area contributed by atoms with Crippen molar-refractivity contribution >= 4 is 29.8 Å². The lowest BCUT2D eigenvalue weighted by atomic mass is 10.1. The zero-order valence-electron chi connectivity index (χ0n) is 13.0. The first kappa shape index (κ1) is 19.6. The van der Waals surface area contributed by atoms with E-state index >= 15 is 0 Å². The number of amides is 4. The summed E-state index contributed by atoms with van der Waals surface area (Å²) in [5, 5.41) is 20.0. The van der Waals surface area contributed by atoms with Crippen molar-refractivity contribution < 1.29 is 34.2 Å². The molecule has 0 spiro atoms. The Balaban J connectivity index is 3.13. The van der Waals surface area contributed by atoms with Crippen LogP contribution in [0.3, 0.4) is 0 Å². The highest BCUT2D eigenvalue weighted by molar-refractivity contribution is 6.06. The summed E-state index contributed by atoms with van der Waals surface area (Å²) in [4.78, 5) is 57.9. The molecule has 0 aliphatic carbocycles. The first-order valence-corrected chi connectivity index (χ1v) is 7.13. The van der Waals surface area contributed by atoms with Crippen molar-refractivity contribution in [2.75, 3.05) is 6.54 Å². The van der Waals surface area contributed by atoms with E-state index in [0.29, 0.717) is 0 Å². The number of nitrogens with one attached hydrogen (secondary N) is 1. The first-order valence-electron chi connectivity index (χ1n) is 7.13. The Morgan fingerprint density at radius 1 is 1.08 bits per heavy atom. The number of imide groups is 1. The zero-order valence-corrected chi connectivity index (χ0v) is 13.0. The summed E-state index contributed by atoms with van der Waals surface area (Å²) in [6.45, 7) is -0.765. The Labute approximate surface area is 142 Å². The first-order chi connectivity index (χ1) is 11.7. The van der Waals surface area contributed by atoms with Gasteiger partial charge in [0.2, 0.25) is 11.8 Å². The summed E-state index contributed by atoms with van der Waals surface area (Å²) in [5.41, 5.74) is 5.02. The second-order valence-electron chi connectivity index (χ2n) is 4.96. The number of rotatable bonds is 8. The maximum absolute atomic E-state index is 12.4. The van der Waals surface area contributed by atoms with Gasteiger partial charge in [-0.3, -0.25) is 19.2 Å². The molecule has 0 saturated heterocycles. The molecule has 0 aromatic heterocycles. The number of carboxylic acids is 1. The summed E-state index contributed by atoms with van der Waals surface area (Å²) in [7, 11) is 0. The lowest BCUT2D eigenvalue weighted by Crippen LogP contribution is -2.52. The normalized spacial score (nSPS) is 11.2. The zero-order chi connectivity index (χ0) is 19.0. The van der Waals surface area contributed by atoms with Crippen LogP contribution in [0.2, 0.25) is 0 Å². The molecular formula is C15H17N3O7. The molecule has 10 heteroatoms. The van der Waals surface area contributed by atoms with E-state index in [1.165, 1.54) is 24.3 Å². The van der Waals surface area contributed by atoms with Crippen LogP contribution < -0.4 is 11.1 Å². The molecule has 0 unspecified atom stereocenters. The van der Waals surface area contributed by atoms with Gasteiger partial charge >= 0.3 is 12.1 Å². The van der Waals surface area contributed by atoms with Crippen molar-refractivity contribution in [1.29, 1.82) is 0 Å².